The van der Waals surface area contributed by atoms with E-state index in [2.05, 4.69) is 21.2 Å². The summed E-state index contributed by atoms with van der Waals surface area (Å²) in [5, 5.41) is 3.09. The second-order valence-electron chi connectivity index (χ2n) is 4.11. The maximum atomic E-state index is 13.1. The Kier molecular flexibility index (Phi) is 3.85. The van der Waals surface area contributed by atoms with Crippen LogP contribution >= 0.6 is 15.9 Å². The van der Waals surface area contributed by atoms with E-state index in [0.29, 0.717) is 15.7 Å². The van der Waals surface area contributed by atoms with Crippen molar-refractivity contribution in [3.63, 3.8) is 0 Å². The van der Waals surface area contributed by atoms with Crippen LogP contribution in [0.25, 0.3) is 0 Å². The van der Waals surface area contributed by atoms with Crippen molar-refractivity contribution in [1.29, 1.82) is 0 Å². The van der Waals surface area contributed by atoms with Crippen LogP contribution in [0, 0.1) is 5.82 Å². The van der Waals surface area contributed by atoms with Crippen molar-refractivity contribution < 1.29 is 9.18 Å². The fourth-order valence-electron chi connectivity index (χ4n) is 1.70. The highest BCUT2D eigenvalue weighted by molar-refractivity contribution is 9.10. The summed E-state index contributed by atoms with van der Waals surface area (Å²) in [5.41, 5.74) is 8.17. The van der Waals surface area contributed by atoms with Crippen LogP contribution in [0.4, 0.5) is 21.5 Å². The van der Waals surface area contributed by atoms with Crippen LogP contribution in [0.5, 0.6) is 0 Å². The number of halogens is 2. The number of hydrogen-bond donors (Lipinski definition) is 2. The first kappa shape index (κ1) is 13.5. The van der Waals surface area contributed by atoms with Gasteiger partial charge in [-0.05, 0) is 59.3 Å². The summed E-state index contributed by atoms with van der Waals surface area (Å²) < 4.78 is 13.5. The topological polar surface area (TPSA) is 55.1 Å². The third kappa shape index (κ3) is 3.12. The van der Waals surface area contributed by atoms with Gasteiger partial charge in [0.2, 0.25) is 0 Å². The minimum absolute atomic E-state index is 0.0754. The molecule has 0 aromatic heterocycles. The van der Waals surface area contributed by atoms with Crippen molar-refractivity contribution in [3.8, 4) is 0 Å². The molecule has 0 radical (unpaired) electrons. The summed E-state index contributed by atoms with van der Waals surface area (Å²) in [5.74, 6) is -0.398. The summed E-state index contributed by atoms with van der Waals surface area (Å²) in [7, 11) is 0. The zero-order valence-electron chi connectivity index (χ0n) is 10.2. The van der Waals surface area contributed by atoms with Crippen molar-refractivity contribution >= 4 is 38.8 Å². The first-order chi connectivity index (χ1) is 8.97. The van der Waals surface area contributed by atoms with Crippen molar-refractivity contribution in [2.45, 2.75) is 6.92 Å². The van der Waals surface area contributed by atoms with Gasteiger partial charge in [0, 0.05) is 22.6 Å². The number of anilines is 3. The van der Waals surface area contributed by atoms with Crippen LogP contribution in [-0.2, 0) is 0 Å². The van der Waals surface area contributed by atoms with E-state index >= 15 is 0 Å². The molecule has 2 aromatic rings. The van der Waals surface area contributed by atoms with E-state index in [9.17, 15) is 9.18 Å². The Balaban J connectivity index is 2.26. The highest BCUT2D eigenvalue weighted by atomic mass is 79.9. The Morgan fingerprint density at radius 2 is 1.84 bits per heavy atom. The molecule has 3 N–H and O–H groups in total. The minimum Gasteiger partial charge on any atom is -0.398 e. The van der Waals surface area contributed by atoms with Gasteiger partial charge >= 0.3 is 0 Å². The highest BCUT2D eigenvalue weighted by Gasteiger charge is 2.06. The maximum absolute atomic E-state index is 13.1. The molecule has 0 aliphatic heterocycles. The largest absolute Gasteiger partial charge is 0.398 e. The number of benzene rings is 2. The lowest BCUT2D eigenvalue weighted by Crippen LogP contribution is -2.00. The number of nitrogen functional groups attached to an aromatic ring is 1. The summed E-state index contributed by atoms with van der Waals surface area (Å²) in [4.78, 5) is 11.3. The zero-order valence-corrected chi connectivity index (χ0v) is 11.8. The zero-order chi connectivity index (χ0) is 14.0. The van der Waals surface area contributed by atoms with Gasteiger partial charge in [-0.1, -0.05) is 0 Å². The summed E-state index contributed by atoms with van der Waals surface area (Å²) >= 11 is 3.12. The molecule has 0 amide bonds. The number of carbonyl (C=O) groups excluding carboxylic acids is 1. The molecule has 0 aliphatic rings. The van der Waals surface area contributed by atoms with E-state index in [1.807, 2.05) is 0 Å². The number of nitrogens with one attached hydrogen (secondary N) is 1. The summed E-state index contributed by atoms with van der Waals surface area (Å²) in [6, 6.07) is 9.70. The van der Waals surface area contributed by atoms with Crippen LogP contribution in [-0.4, -0.2) is 5.78 Å². The third-order valence-electron chi connectivity index (χ3n) is 2.64. The standard InChI is InChI=1S/C14H12BrFN2O/c1-8(19)11-4-2-10(7-14(11)17)18-9-3-5-13(16)12(15)6-9/h2-7,18H,17H2,1H3. The Morgan fingerprint density at radius 1 is 1.21 bits per heavy atom. The second kappa shape index (κ2) is 5.40. The van der Waals surface area contributed by atoms with E-state index in [1.54, 1.807) is 30.3 Å². The molecule has 0 atom stereocenters. The number of Topliss-reactive ketones (excluding diaryl/α,β-unsaturated/α-hetero) is 1. The molecular weight excluding hydrogens is 311 g/mol. The van der Waals surface area contributed by atoms with Crippen LogP contribution in [0.2, 0.25) is 0 Å². The number of ketones is 1. The Hall–Kier alpha value is -1.88. The third-order valence-corrected chi connectivity index (χ3v) is 3.25. The van der Waals surface area contributed by atoms with Gasteiger partial charge in [-0.3, -0.25) is 4.79 Å². The first-order valence-corrected chi connectivity index (χ1v) is 6.39. The molecule has 3 nitrogen and oxygen atoms in total. The quantitative estimate of drug-likeness (QED) is 0.660. The normalized spacial score (nSPS) is 10.3. The van der Waals surface area contributed by atoms with E-state index < -0.39 is 0 Å². The van der Waals surface area contributed by atoms with Gasteiger partial charge in [0.1, 0.15) is 5.82 Å². The number of carbonyl (C=O) groups is 1. The fourth-order valence-corrected chi connectivity index (χ4v) is 2.08. The summed E-state index contributed by atoms with van der Waals surface area (Å²) in [6.45, 7) is 1.47. The van der Waals surface area contributed by atoms with E-state index in [1.165, 1.54) is 13.0 Å². The van der Waals surface area contributed by atoms with E-state index in [-0.39, 0.29) is 11.6 Å². The molecular formula is C14H12BrFN2O. The Morgan fingerprint density at radius 3 is 2.42 bits per heavy atom. The number of hydrogen-bond acceptors (Lipinski definition) is 3. The van der Waals surface area contributed by atoms with Gasteiger partial charge in [-0.15, -0.1) is 0 Å². The summed E-state index contributed by atoms with van der Waals surface area (Å²) in [6.07, 6.45) is 0. The monoisotopic (exact) mass is 322 g/mol. The maximum Gasteiger partial charge on any atom is 0.161 e. The molecule has 2 rings (SSSR count). The predicted octanol–water partition coefficient (Wildman–Crippen LogP) is 4.12. The molecule has 0 spiro atoms. The van der Waals surface area contributed by atoms with Crippen molar-refractivity contribution in [1.82, 2.24) is 0 Å². The Bertz CT molecular complexity index is 643. The van der Waals surface area contributed by atoms with Gasteiger partial charge in [0.15, 0.2) is 5.78 Å². The SMILES string of the molecule is CC(=O)c1ccc(Nc2ccc(F)c(Br)c2)cc1N. The molecule has 0 unspecified atom stereocenters. The average molecular weight is 323 g/mol. The molecule has 0 bridgehead atoms. The van der Waals surface area contributed by atoms with Gasteiger partial charge < -0.3 is 11.1 Å². The van der Waals surface area contributed by atoms with Gasteiger partial charge in [0.25, 0.3) is 0 Å². The van der Waals surface area contributed by atoms with Crippen molar-refractivity contribution in [2.24, 2.45) is 0 Å². The van der Waals surface area contributed by atoms with Gasteiger partial charge in [-0.25, -0.2) is 4.39 Å². The molecule has 98 valence electrons. The number of rotatable bonds is 3. The molecule has 19 heavy (non-hydrogen) atoms. The molecule has 0 aliphatic carbocycles. The van der Waals surface area contributed by atoms with Crippen LogP contribution < -0.4 is 11.1 Å². The van der Waals surface area contributed by atoms with Gasteiger partial charge in [-0.2, -0.15) is 0 Å². The van der Waals surface area contributed by atoms with Crippen LogP contribution in [0.3, 0.4) is 0 Å². The van der Waals surface area contributed by atoms with Crippen LogP contribution in [0.15, 0.2) is 40.9 Å². The van der Waals surface area contributed by atoms with Crippen molar-refractivity contribution in [2.75, 3.05) is 11.1 Å². The van der Waals surface area contributed by atoms with E-state index in [4.69, 9.17) is 5.73 Å². The molecule has 0 fully saturated rings. The Labute approximate surface area is 118 Å². The highest BCUT2D eigenvalue weighted by Crippen LogP contribution is 2.25. The molecule has 2 aromatic carbocycles. The molecule has 0 heterocycles. The molecule has 0 saturated carbocycles. The minimum atomic E-state index is -0.322. The number of nitrogens with two attached hydrogens (primary N) is 1. The molecule has 5 heteroatoms. The molecule has 0 saturated heterocycles. The lowest BCUT2D eigenvalue weighted by atomic mass is 10.1. The lowest BCUT2D eigenvalue weighted by molar-refractivity contribution is 0.101. The van der Waals surface area contributed by atoms with Crippen molar-refractivity contribution in [3.05, 3.63) is 52.3 Å². The van der Waals surface area contributed by atoms with E-state index in [0.717, 1.165) is 11.4 Å². The predicted molar refractivity (Wildman–Crippen MR) is 78.2 cm³/mol. The van der Waals surface area contributed by atoms with Gasteiger partial charge in [0.05, 0.1) is 4.47 Å². The smallest absolute Gasteiger partial charge is 0.161 e. The van der Waals surface area contributed by atoms with Crippen LogP contribution in [0.1, 0.15) is 17.3 Å². The average Bonchev–Trinajstić information content (AvgIpc) is 2.33. The fraction of sp³-hybridized carbons (Fsp3) is 0.0714. The lowest BCUT2D eigenvalue weighted by Gasteiger charge is -2.09. The second-order valence-corrected chi connectivity index (χ2v) is 4.97. The first-order valence-electron chi connectivity index (χ1n) is 5.60.